The average molecular weight is 484 g/mol. The van der Waals surface area contributed by atoms with E-state index in [0.29, 0.717) is 38.3 Å². The summed E-state index contributed by atoms with van der Waals surface area (Å²) in [6.07, 6.45) is 1.55. The van der Waals surface area contributed by atoms with E-state index in [1.54, 1.807) is 78.5 Å². The summed E-state index contributed by atoms with van der Waals surface area (Å²) in [6, 6.07) is 17.0. The van der Waals surface area contributed by atoms with Crippen molar-refractivity contribution in [2.24, 2.45) is 0 Å². The van der Waals surface area contributed by atoms with Crippen molar-refractivity contribution in [2.75, 3.05) is 6.61 Å². The summed E-state index contributed by atoms with van der Waals surface area (Å²) in [4.78, 5) is 24.8. The number of benzene rings is 2. The third kappa shape index (κ3) is 5.10. The maximum absolute atomic E-state index is 12.5. The minimum absolute atomic E-state index is 0.137. The Morgan fingerprint density at radius 3 is 2.55 bits per heavy atom. The van der Waals surface area contributed by atoms with Gasteiger partial charge in [0.2, 0.25) is 0 Å². The van der Waals surface area contributed by atoms with Crippen LogP contribution in [0, 0.1) is 0 Å². The summed E-state index contributed by atoms with van der Waals surface area (Å²) in [7, 11) is 0. The van der Waals surface area contributed by atoms with Crippen molar-refractivity contribution in [1.82, 2.24) is 15.1 Å². The number of carbonyl (C=O) groups is 2. The Labute approximate surface area is 199 Å². The van der Waals surface area contributed by atoms with Gasteiger partial charge in [0.25, 0.3) is 5.91 Å². The summed E-state index contributed by atoms with van der Waals surface area (Å²) < 4.78 is 11.9. The lowest BCUT2D eigenvalue weighted by Gasteiger charge is -2.10. The van der Waals surface area contributed by atoms with Crippen molar-refractivity contribution in [1.29, 1.82) is 0 Å². The van der Waals surface area contributed by atoms with E-state index in [1.165, 1.54) is 0 Å². The van der Waals surface area contributed by atoms with E-state index in [-0.39, 0.29) is 24.8 Å². The highest BCUT2D eigenvalue weighted by Crippen LogP contribution is 2.32. The molecule has 2 aromatic heterocycles. The van der Waals surface area contributed by atoms with Gasteiger partial charge in [0.1, 0.15) is 5.76 Å². The maximum Gasteiger partial charge on any atom is 0.358 e. The average Bonchev–Trinajstić information content (AvgIpc) is 3.48. The molecule has 0 aliphatic carbocycles. The lowest BCUT2D eigenvalue weighted by atomic mass is 10.1. The SMILES string of the molecule is CCOC(=O)c1cc(-c2ccc(Cl)cc2Cl)n(-c2ccc(C(=O)NCc3ccco3)cc2)n1. The number of hydrogen-bond donors (Lipinski definition) is 1. The molecule has 2 heterocycles. The van der Waals surface area contributed by atoms with Crippen molar-refractivity contribution in [3.63, 3.8) is 0 Å². The molecule has 0 radical (unpaired) electrons. The topological polar surface area (TPSA) is 86.4 Å². The van der Waals surface area contributed by atoms with Crippen LogP contribution < -0.4 is 5.32 Å². The summed E-state index contributed by atoms with van der Waals surface area (Å²) in [6.45, 7) is 2.24. The quantitative estimate of drug-likeness (QED) is 0.348. The Morgan fingerprint density at radius 2 is 1.88 bits per heavy atom. The number of rotatable bonds is 7. The number of aromatic nitrogens is 2. The van der Waals surface area contributed by atoms with Crippen molar-refractivity contribution >= 4 is 35.1 Å². The third-order valence-corrected chi connectivity index (χ3v) is 5.33. The van der Waals surface area contributed by atoms with Gasteiger partial charge in [-0.25, -0.2) is 9.48 Å². The highest BCUT2D eigenvalue weighted by molar-refractivity contribution is 6.36. The molecule has 2 aromatic carbocycles. The van der Waals surface area contributed by atoms with Gasteiger partial charge in [-0.1, -0.05) is 23.2 Å². The predicted octanol–water partition coefficient (Wildman–Crippen LogP) is 5.55. The van der Waals surface area contributed by atoms with Gasteiger partial charge in [-0.15, -0.1) is 0 Å². The molecule has 1 N–H and O–H groups in total. The number of furan rings is 1. The lowest BCUT2D eigenvalue weighted by molar-refractivity contribution is 0.0519. The molecule has 0 aliphatic heterocycles. The maximum atomic E-state index is 12.5. The molecule has 0 bridgehead atoms. The summed E-state index contributed by atoms with van der Waals surface area (Å²) in [5, 5.41) is 8.12. The van der Waals surface area contributed by atoms with Crippen molar-refractivity contribution in [3.05, 3.63) is 94.0 Å². The minimum atomic E-state index is -0.545. The van der Waals surface area contributed by atoms with Crippen LogP contribution in [0.2, 0.25) is 10.0 Å². The molecule has 1 amide bonds. The van der Waals surface area contributed by atoms with E-state index in [9.17, 15) is 9.59 Å². The second-order valence-corrected chi connectivity index (χ2v) is 7.82. The Hall–Kier alpha value is -3.55. The van der Waals surface area contributed by atoms with E-state index in [2.05, 4.69) is 10.4 Å². The van der Waals surface area contributed by atoms with Gasteiger partial charge in [0.05, 0.1) is 35.8 Å². The Kier molecular flexibility index (Phi) is 6.82. The zero-order valence-electron chi connectivity index (χ0n) is 17.5. The molecule has 0 unspecified atom stereocenters. The molecule has 0 spiro atoms. The molecule has 168 valence electrons. The fourth-order valence-corrected chi connectivity index (χ4v) is 3.71. The zero-order valence-corrected chi connectivity index (χ0v) is 19.1. The number of ether oxygens (including phenoxy) is 1. The molecule has 4 aromatic rings. The lowest BCUT2D eigenvalue weighted by Crippen LogP contribution is -2.22. The van der Waals surface area contributed by atoms with Crippen LogP contribution in [-0.4, -0.2) is 28.3 Å². The highest BCUT2D eigenvalue weighted by Gasteiger charge is 2.19. The van der Waals surface area contributed by atoms with Crippen molar-refractivity contribution in [2.45, 2.75) is 13.5 Å². The molecule has 0 saturated carbocycles. The van der Waals surface area contributed by atoms with Gasteiger partial charge in [-0.05, 0) is 67.6 Å². The van der Waals surface area contributed by atoms with E-state index >= 15 is 0 Å². The summed E-state index contributed by atoms with van der Waals surface area (Å²) in [5.41, 5.74) is 2.46. The smallest absolute Gasteiger partial charge is 0.358 e. The molecule has 33 heavy (non-hydrogen) atoms. The largest absolute Gasteiger partial charge is 0.467 e. The third-order valence-electron chi connectivity index (χ3n) is 4.78. The van der Waals surface area contributed by atoms with E-state index in [1.807, 2.05) is 0 Å². The monoisotopic (exact) mass is 483 g/mol. The normalized spacial score (nSPS) is 10.8. The van der Waals surface area contributed by atoms with Gasteiger partial charge < -0.3 is 14.5 Å². The fourth-order valence-electron chi connectivity index (χ4n) is 3.21. The van der Waals surface area contributed by atoms with Crippen molar-refractivity contribution in [3.8, 4) is 16.9 Å². The first-order valence-corrected chi connectivity index (χ1v) is 10.9. The molecular formula is C24H19Cl2N3O4. The van der Waals surface area contributed by atoms with Gasteiger partial charge in [0.15, 0.2) is 5.69 Å². The number of halogens is 2. The van der Waals surface area contributed by atoms with Crippen molar-refractivity contribution < 1.29 is 18.7 Å². The first-order chi connectivity index (χ1) is 16.0. The van der Waals surface area contributed by atoms with Gasteiger partial charge in [0, 0.05) is 16.1 Å². The highest BCUT2D eigenvalue weighted by atomic mass is 35.5. The van der Waals surface area contributed by atoms with Crippen LogP contribution in [0.1, 0.15) is 33.5 Å². The van der Waals surface area contributed by atoms with Crippen LogP contribution in [-0.2, 0) is 11.3 Å². The minimum Gasteiger partial charge on any atom is -0.467 e. The zero-order chi connectivity index (χ0) is 23.4. The Balaban J connectivity index is 1.65. The van der Waals surface area contributed by atoms with Crippen LogP contribution in [0.4, 0.5) is 0 Å². The summed E-state index contributed by atoms with van der Waals surface area (Å²) >= 11 is 12.5. The van der Waals surface area contributed by atoms with Gasteiger partial charge in [-0.2, -0.15) is 5.10 Å². The molecule has 4 rings (SSSR count). The number of nitrogens with zero attached hydrogens (tertiary/aromatic N) is 2. The molecular weight excluding hydrogens is 465 g/mol. The Morgan fingerprint density at radius 1 is 1.09 bits per heavy atom. The molecule has 0 atom stereocenters. The van der Waals surface area contributed by atoms with Gasteiger partial charge >= 0.3 is 5.97 Å². The molecule has 7 nitrogen and oxygen atoms in total. The van der Waals surface area contributed by atoms with Crippen LogP contribution in [0.25, 0.3) is 16.9 Å². The number of nitrogens with one attached hydrogen (secondary N) is 1. The second kappa shape index (κ2) is 9.94. The Bertz CT molecular complexity index is 1280. The van der Waals surface area contributed by atoms with Crippen LogP contribution in [0.5, 0.6) is 0 Å². The summed E-state index contributed by atoms with van der Waals surface area (Å²) in [5.74, 6) is -0.129. The number of amides is 1. The van der Waals surface area contributed by atoms with Crippen LogP contribution >= 0.6 is 23.2 Å². The van der Waals surface area contributed by atoms with Gasteiger partial charge in [-0.3, -0.25) is 4.79 Å². The van der Waals surface area contributed by atoms with E-state index in [0.717, 1.165) is 0 Å². The molecule has 9 heteroatoms. The first kappa shape index (κ1) is 22.6. The predicted molar refractivity (Wildman–Crippen MR) is 125 cm³/mol. The van der Waals surface area contributed by atoms with Crippen LogP contribution in [0.3, 0.4) is 0 Å². The number of carbonyl (C=O) groups excluding carboxylic acids is 2. The second-order valence-electron chi connectivity index (χ2n) is 6.98. The molecule has 0 aliphatic rings. The standard InChI is InChI=1S/C24H19Cl2N3O4/c1-2-32-24(31)21-13-22(19-10-7-16(25)12-20(19)26)29(28-21)17-8-5-15(6-9-17)23(30)27-14-18-4-3-11-33-18/h3-13H,2,14H2,1H3,(H,27,30). The van der Waals surface area contributed by atoms with E-state index in [4.69, 9.17) is 32.4 Å². The first-order valence-electron chi connectivity index (χ1n) is 10.1. The number of hydrogen-bond acceptors (Lipinski definition) is 5. The van der Waals surface area contributed by atoms with Crippen LogP contribution in [0.15, 0.2) is 71.3 Å². The number of esters is 1. The fraction of sp³-hybridized carbons (Fsp3) is 0.125. The van der Waals surface area contributed by atoms with E-state index < -0.39 is 5.97 Å². The molecule has 0 saturated heterocycles. The molecule has 0 fully saturated rings.